The number of rotatable bonds is 5. The van der Waals surface area contributed by atoms with Crippen LogP contribution >= 0.6 is 0 Å². The molecule has 0 aliphatic rings. The van der Waals surface area contributed by atoms with E-state index in [1.54, 1.807) is 6.20 Å². The Morgan fingerprint density at radius 1 is 1.53 bits per heavy atom. The van der Waals surface area contributed by atoms with Crippen molar-refractivity contribution in [3.8, 4) is 6.07 Å². The minimum absolute atomic E-state index is 0.226. The van der Waals surface area contributed by atoms with Gasteiger partial charge < -0.3 is 9.64 Å². The van der Waals surface area contributed by atoms with Gasteiger partial charge in [0, 0.05) is 19.8 Å². The van der Waals surface area contributed by atoms with Crippen LogP contribution in [0, 0.1) is 18.3 Å². The molecular weight excluding hydrogens is 214 g/mol. The lowest BCUT2D eigenvalue weighted by atomic mass is 10.1. The zero-order chi connectivity index (χ0) is 12.8. The maximum absolute atomic E-state index is 9.11. The molecule has 1 aromatic rings. The van der Waals surface area contributed by atoms with Crippen LogP contribution in [0.15, 0.2) is 12.3 Å². The van der Waals surface area contributed by atoms with Crippen LogP contribution in [0.2, 0.25) is 0 Å². The average molecular weight is 233 g/mol. The van der Waals surface area contributed by atoms with Gasteiger partial charge in [0.2, 0.25) is 0 Å². The SMILES string of the molecule is Cc1ccnc(N(C)CCOC(C)C)c1C#N. The predicted octanol–water partition coefficient (Wildman–Crippen LogP) is 2.12. The molecule has 1 rings (SSSR count). The molecule has 1 heterocycles. The van der Waals surface area contributed by atoms with Crippen LogP contribution in [0.3, 0.4) is 0 Å². The van der Waals surface area contributed by atoms with E-state index >= 15 is 0 Å². The second-order valence-electron chi connectivity index (χ2n) is 4.28. The molecule has 0 aromatic carbocycles. The number of pyridine rings is 1. The summed E-state index contributed by atoms with van der Waals surface area (Å²) in [5.74, 6) is 0.722. The number of anilines is 1. The van der Waals surface area contributed by atoms with E-state index in [2.05, 4.69) is 11.1 Å². The van der Waals surface area contributed by atoms with Crippen LogP contribution in [0.5, 0.6) is 0 Å². The summed E-state index contributed by atoms with van der Waals surface area (Å²) in [4.78, 5) is 6.21. The number of nitrogens with zero attached hydrogens (tertiary/aromatic N) is 3. The molecule has 1 aromatic heterocycles. The van der Waals surface area contributed by atoms with Gasteiger partial charge in [-0.3, -0.25) is 0 Å². The lowest BCUT2D eigenvalue weighted by Crippen LogP contribution is -2.25. The highest BCUT2D eigenvalue weighted by molar-refractivity contribution is 5.56. The quantitative estimate of drug-likeness (QED) is 0.781. The van der Waals surface area contributed by atoms with Gasteiger partial charge >= 0.3 is 0 Å². The molecule has 0 N–H and O–H groups in total. The van der Waals surface area contributed by atoms with Crippen molar-refractivity contribution in [2.24, 2.45) is 0 Å². The van der Waals surface area contributed by atoms with Crippen molar-refractivity contribution >= 4 is 5.82 Å². The first-order chi connectivity index (χ1) is 8.06. The minimum Gasteiger partial charge on any atom is -0.377 e. The maximum atomic E-state index is 9.11. The van der Waals surface area contributed by atoms with E-state index in [9.17, 15) is 0 Å². The third-order valence-corrected chi connectivity index (χ3v) is 2.49. The van der Waals surface area contributed by atoms with Gasteiger partial charge in [-0.25, -0.2) is 4.98 Å². The zero-order valence-corrected chi connectivity index (χ0v) is 10.9. The van der Waals surface area contributed by atoms with E-state index in [4.69, 9.17) is 10.00 Å². The Kier molecular flexibility index (Phi) is 4.92. The molecule has 0 radical (unpaired) electrons. The fourth-order valence-electron chi connectivity index (χ4n) is 1.50. The highest BCUT2D eigenvalue weighted by atomic mass is 16.5. The van der Waals surface area contributed by atoms with Gasteiger partial charge in [-0.2, -0.15) is 5.26 Å². The van der Waals surface area contributed by atoms with Crippen molar-refractivity contribution in [1.82, 2.24) is 4.98 Å². The van der Waals surface area contributed by atoms with Crippen LogP contribution in [0.25, 0.3) is 0 Å². The van der Waals surface area contributed by atoms with Crippen molar-refractivity contribution in [2.75, 3.05) is 25.1 Å². The second-order valence-corrected chi connectivity index (χ2v) is 4.28. The van der Waals surface area contributed by atoms with E-state index in [0.717, 1.165) is 17.9 Å². The van der Waals surface area contributed by atoms with E-state index < -0.39 is 0 Å². The molecular formula is C13H19N3O. The summed E-state index contributed by atoms with van der Waals surface area (Å²) in [5, 5.41) is 9.11. The van der Waals surface area contributed by atoms with Gasteiger partial charge in [-0.15, -0.1) is 0 Å². The lowest BCUT2D eigenvalue weighted by Gasteiger charge is -2.20. The average Bonchev–Trinajstić information content (AvgIpc) is 2.28. The third kappa shape index (κ3) is 3.72. The topological polar surface area (TPSA) is 49.2 Å². The van der Waals surface area contributed by atoms with E-state index in [-0.39, 0.29) is 6.10 Å². The maximum Gasteiger partial charge on any atom is 0.146 e. The monoisotopic (exact) mass is 233 g/mol. The van der Waals surface area contributed by atoms with Crippen LogP contribution in [-0.2, 0) is 4.74 Å². The molecule has 0 aliphatic heterocycles. The number of ether oxygens (including phenoxy) is 1. The summed E-state index contributed by atoms with van der Waals surface area (Å²) in [6, 6.07) is 4.05. The molecule has 0 bridgehead atoms. The van der Waals surface area contributed by atoms with Crippen LogP contribution in [0.1, 0.15) is 25.0 Å². The Bertz CT molecular complexity index is 410. The summed E-state index contributed by atoms with van der Waals surface area (Å²) in [5.41, 5.74) is 1.59. The van der Waals surface area contributed by atoms with Gasteiger partial charge in [0.05, 0.1) is 18.3 Å². The Balaban J connectivity index is 2.72. The first-order valence-corrected chi connectivity index (χ1v) is 5.74. The number of likely N-dealkylation sites (N-methyl/N-ethyl adjacent to an activating group) is 1. The van der Waals surface area contributed by atoms with Crippen LogP contribution < -0.4 is 4.90 Å². The molecule has 4 nitrogen and oxygen atoms in total. The Morgan fingerprint density at radius 3 is 2.82 bits per heavy atom. The first kappa shape index (κ1) is 13.5. The van der Waals surface area contributed by atoms with E-state index in [0.29, 0.717) is 12.2 Å². The molecule has 0 saturated heterocycles. The van der Waals surface area contributed by atoms with Gasteiger partial charge in [0.15, 0.2) is 0 Å². The van der Waals surface area contributed by atoms with Gasteiger partial charge in [0.25, 0.3) is 0 Å². The predicted molar refractivity (Wildman–Crippen MR) is 68.0 cm³/mol. The molecule has 0 saturated carbocycles. The molecule has 0 fully saturated rings. The summed E-state index contributed by atoms with van der Waals surface area (Å²) in [7, 11) is 1.92. The molecule has 0 unspecified atom stereocenters. The van der Waals surface area contributed by atoms with E-state index in [1.807, 2.05) is 38.8 Å². The summed E-state index contributed by atoms with van der Waals surface area (Å²) in [6.07, 6.45) is 1.95. The largest absolute Gasteiger partial charge is 0.377 e. The molecule has 0 atom stereocenters. The van der Waals surface area contributed by atoms with Crippen LogP contribution in [0.4, 0.5) is 5.82 Å². The van der Waals surface area contributed by atoms with Gasteiger partial charge in [-0.1, -0.05) is 0 Å². The number of aromatic nitrogens is 1. The molecule has 4 heteroatoms. The number of hydrogen-bond donors (Lipinski definition) is 0. The van der Waals surface area contributed by atoms with Crippen molar-refractivity contribution in [3.05, 3.63) is 23.4 Å². The van der Waals surface area contributed by atoms with E-state index in [1.165, 1.54) is 0 Å². The number of nitriles is 1. The summed E-state index contributed by atoms with van der Waals surface area (Å²) in [6.45, 7) is 7.29. The Labute approximate surface area is 103 Å². The molecule has 17 heavy (non-hydrogen) atoms. The number of hydrogen-bond acceptors (Lipinski definition) is 4. The van der Waals surface area contributed by atoms with Crippen molar-refractivity contribution in [2.45, 2.75) is 26.9 Å². The van der Waals surface area contributed by atoms with Crippen molar-refractivity contribution < 1.29 is 4.74 Å². The normalized spacial score (nSPS) is 10.4. The fraction of sp³-hybridized carbons (Fsp3) is 0.538. The van der Waals surface area contributed by atoms with Crippen molar-refractivity contribution in [1.29, 1.82) is 5.26 Å². The standard InChI is InChI=1S/C13H19N3O/c1-10(2)17-8-7-16(4)13-12(9-14)11(3)5-6-15-13/h5-6,10H,7-8H2,1-4H3. The molecule has 0 amide bonds. The first-order valence-electron chi connectivity index (χ1n) is 5.74. The zero-order valence-electron chi connectivity index (χ0n) is 10.9. The molecule has 0 aliphatic carbocycles. The Hall–Kier alpha value is -1.60. The lowest BCUT2D eigenvalue weighted by molar-refractivity contribution is 0.0845. The molecule has 0 spiro atoms. The Morgan fingerprint density at radius 2 is 2.24 bits per heavy atom. The summed E-state index contributed by atoms with van der Waals surface area (Å²) >= 11 is 0. The van der Waals surface area contributed by atoms with Gasteiger partial charge in [-0.05, 0) is 32.4 Å². The minimum atomic E-state index is 0.226. The highest BCUT2D eigenvalue weighted by Gasteiger charge is 2.10. The van der Waals surface area contributed by atoms with Crippen molar-refractivity contribution in [3.63, 3.8) is 0 Å². The number of aryl methyl sites for hydroxylation is 1. The smallest absolute Gasteiger partial charge is 0.146 e. The molecule has 92 valence electrons. The van der Waals surface area contributed by atoms with Crippen LogP contribution in [-0.4, -0.2) is 31.3 Å². The highest BCUT2D eigenvalue weighted by Crippen LogP contribution is 2.18. The second kappa shape index (κ2) is 6.21. The third-order valence-electron chi connectivity index (χ3n) is 2.49. The summed E-state index contributed by atoms with van der Waals surface area (Å²) < 4.78 is 5.49. The fourth-order valence-corrected chi connectivity index (χ4v) is 1.50. The van der Waals surface area contributed by atoms with Gasteiger partial charge in [0.1, 0.15) is 11.9 Å².